The predicted octanol–water partition coefficient (Wildman–Crippen LogP) is 17.1. The molecular weight excluding hydrogens is 881 g/mol. The molecule has 4 aromatic heterocycles. The molecule has 0 bridgehead atoms. The molecule has 13 rings (SSSR count). The van der Waals surface area contributed by atoms with E-state index in [1.165, 1.54) is 9.13 Å². The van der Waals surface area contributed by atoms with Crippen LogP contribution in [-0.4, -0.2) is 25.4 Å². The van der Waals surface area contributed by atoms with Gasteiger partial charge in [0.1, 0.15) is 24.0 Å². The number of hydrogen-bond acceptors (Lipinski definition) is 4. The maximum absolute atomic E-state index is 9.23. The van der Waals surface area contributed by atoms with Crippen LogP contribution in [0.2, 0.25) is 0 Å². The standard InChI is InChI=1S/C65H58N6O/c1-40-32-60(66-38-53(40)41-18-11-10-12-19-41)71-56-23-14-13-22-47(56)48-29-28-46(36-59(48)71)72-45-21-17-20-44(35-45)69-39-70(58-25-16-15-24-57(58)69)63-61-51(49-33-42(64(2,3)4)26-30-54(49)67(61)8)37-52-50-34-43(65(5,6)7)27-31-55(50)68(9)62(52)63/h10-38H,39H2,1-9H3/i8D3,9D3. The zero-order valence-corrected chi connectivity index (χ0v) is 41.5. The molecule has 8 aromatic carbocycles. The summed E-state index contributed by atoms with van der Waals surface area (Å²) in [6, 6.07) is 57.2. The molecule has 7 nitrogen and oxygen atoms in total. The number of para-hydroxylation sites is 3. The fourth-order valence-corrected chi connectivity index (χ4v) is 11.2. The van der Waals surface area contributed by atoms with Crippen molar-refractivity contribution in [2.45, 2.75) is 59.3 Å². The highest BCUT2D eigenvalue weighted by Crippen LogP contribution is 2.52. The minimum absolute atomic E-state index is 0.226. The third kappa shape index (κ3) is 6.74. The van der Waals surface area contributed by atoms with E-state index in [2.05, 4.69) is 136 Å². The Morgan fingerprint density at radius 1 is 0.500 bits per heavy atom. The zero-order valence-electron chi connectivity index (χ0n) is 47.5. The smallest absolute Gasteiger partial charge is 0.137 e. The van der Waals surface area contributed by atoms with Gasteiger partial charge < -0.3 is 23.7 Å². The molecule has 0 spiro atoms. The number of rotatable bonds is 6. The van der Waals surface area contributed by atoms with Gasteiger partial charge in [0, 0.05) is 95.1 Å². The summed E-state index contributed by atoms with van der Waals surface area (Å²) in [5.74, 6) is 2.08. The molecule has 354 valence electrons. The largest absolute Gasteiger partial charge is 0.457 e. The van der Waals surface area contributed by atoms with E-state index in [1.807, 2.05) is 103 Å². The van der Waals surface area contributed by atoms with Crippen LogP contribution in [0.15, 0.2) is 176 Å². The number of nitrogens with zero attached hydrogens (tertiary/aromatic N) is 6. The number of aryl methyl sites for hydroxylation is 3. The Bertz CT molecular complexity index is 4290. The first-order valence-corrected chi connectivity index (χ1v) is 24.7. The monoisotopic (exact) mass is 945 g/mol. The van der Waals surface area contributed by atoms with E-state index in [0.717, 1.165) is 94.0 Å². The molecule has 0 fully saturated rings. The van der Waals surface area contributed by atoms with Crippen molar-refractivity contribution in [2.24, 2.45) is 14.0 Å². The van der Waals surface area contributed by atoms with Gasteiger partial charge >= 0.3 is 0 Å². The Balaban J connectivity index is 0.973. The summed E-state index contributed by atoms with van der Waals surface area (Å²) in [6.07, 6.45) is 1.96. The second-order valence-corrected chi connectivity index (χ2v) is 21.5. The van der Waals surface area contributed by atoms with Gasteiger partial charge in [-0.2, -0.15) is 0 Å². The molecule has 0 saturated carbocycles. The normalized spacial score (nSPS) is 14.8. The minimum Gasteiger partial charge on any atom is -0.457 e. The van der Waals surface area contributed by atoms with Crippen molar-refractivity contribution in [2.75, 3.05) is 16.5 Å². The van der Waals surface area contributed by atoms with Gasteiger partial charge in [0.2, 0.25) is 0 Å². The average Bonchev–Trinajstić information content (AvgIpc) is 4.26. The van der Waals surface area contributed by atoms with Crippen LogP contribution in [0, 0.1) is 6.92 Å². The second kappa shape index (κ2) is 15.9. The van der Waals surface area contributed by atoms with Crippen LogP contribution in [0.3, 0.4) is 0 Å². The van der Waals surface area contributed by atoms with E-state index in [9.17, 15) is 8.22 Å². The number of ether oxygens (including phenoxy) is 1. The number of aromatic nitrogens is 4. The molecule has 5 heterocycles. The van der Waals surface area contributed by atoms with Gasteiger partial charge in [-0.3, -0.25) is 4.57 Å². The maximum Gasteiger partial charge on any atom is 0.137 e. The maximum atomic E-state index is 9.23. The van der Waals surface area contributed by atoms with E-state index < -0.39 is 14.0 Å². The van der Waals surface area contributed by atoms with E-state index in [1.54, 1.807) is 0 Å². The van der Waals surface area contributed by atoms with Gasteiger partial charge in [-0.05, 0) is 119 Å². The zero-order chi connectivity index (χ0) is 54.4. The summed E-state index contributed by atoms with van der Waals surface area (Å²) in [4.78, 5) is 9.33. The molecule has 1 aliphatic rings. The van der Waals surface area contributed by atoms with Crippen molar-refractivity contribution in [3.8, 4) is 28.4 Å². The summed E-state index contributed by atoms with van der Waals surface area (Å²) >= 11 is 0. The lowest BCUT2D eigenvalue weighted by molar-refractivity contribution is 0.483. The highest BCUT2D eigenvalue weighted by Gasteiger charge is 2.33. The minimum atomic E-state index is -2.65. The number of fused-ring (bicyclic) bond motifs is 10. The Labute approximate surface area is 429 Å². The van der Waals surface area contributed by atoms with Crippen LogP contribution in [-0.2, 0) is 24.8 Å². The van der Waals surface area contributed by atoms with Crippen molar-refractivity contribution in [1.29, 1.82) is 0 Å². The third-order valence-electron chi connectivity index (χ3n) is 14.9. The highest BCUT2D eigenvalue weighted by atomic mass is 16.5. The molecule has 0 radical (unpaired) electrons. The Morgan fingerprint density at radius 3 is 1.76 bits per heavy atom. The van der Waals surface area contributed by atoms with Gasteiger partial charge in [0.25, 0.3) is 0 Å². The van der Waals surface area contributed by atoms with Crippen LogP contribution in [0.5, 0.6) is 11.5 Å². The molecular formula is C65H58N6O. The second-order valence-electron chi connectivity index (χ2n) is 21.5. The number of anilines is 4. The summed E-state index contributed by atoms with van der Waals surface area (Å²) < 4.78 is 67.3. The summed E-state index contributed by atoms with van der Waals surface area (Å²) in [5.41, 5.74) is 11.9. The van der Waals surface area contributed by atoms with Crippen molar-refractivity contribution in [3.05, 3.63) is 193 Å². The van der Waals surface area contributed by atoms with Crippen LogP contribution >= 0.6 is 0 Å². The molecule has 7 heteroatoms. The quantitative estimate of drug-likeness (QED) is 0.167. The molecule has 1 aliphatic heterocycles. The number of hydrogen-bond donors (Lipinski definition) is 0. The SMILES string of the molecule is [2H]C([2H])([2H])n1c2ccc(C(C)(C)C)cc2c2cc3c4cc(C(C)(C)C)ccc4n(C([2H])([2H])[2H])c3c(N3CN(c4cccc(Oc5ccc6c7ccccc7n(-c7cc(C)c(-c8ccccc8)cn7)c6c5)c4)c4ccccc43)c21. The Hall–Kier alpha value is -8.29. The van der Waals surface area contributed by atoms with Gasteiger partial charge in [-0.25, -0.2) is 4.98 Å². The van der Waals surface area contributed by atoms with E-state index in [4.69, 9.17) is 9.72 Å². The lowest BCUT2D eigenvalue weighted by Gasteiger charge is -2.25. The van der Waals surface area contributed by atoms with Gasteiger partial charge in [0.15, 0.2) is 0 Å². The van der Waals surface area contributed by atoms with Crippen molar-refractivity contribution in [1.82, 2.24) is 18.7 Å². The van der Waals surface area contributed by atoms with Crippen LogP contribution in [0.1, 0.15) is 66.5 Å². The summed E-state index contributed by atoms with van der Waals surface area (Å²) in [6.45, 7) is 9.97. The van der Waals surface area contributed by atoms with Gasteiger partial charge in [-0.15, -0.1) is 0 Å². The molecule has 12 aromatic rings. The van der Waals surface area contributed by atoms with Crippen LogP contribution in [0.4, 0.5) is 22.7 Å². The lowest BCUT2D eigenvalue weighted by Crippen LogP contribution is -2.25. The first-order chi connectivity index (χ1) is 37.1. The molecule has 0 aliphatic carbocycles. The van der Waals surface area contributed by atoms with Crippen molar-refractivity contribution in [3.63, 3.8) is 0 Å². The first-order valence-electron chi connectivity index (χ1n) is 27.7. The highest BCUT2D eigenvalue weighted by molar-refractivity contribution is 6.25. The lowest BCUT2D eigenvalue weighted by atomic mass is 9.86. The molecule has 0 unspecified atom stereocenters. The average molecular weight is 945 g/mol. The van der Waals surface area contributed by atoms with Gasteiger partial charge in [-0.1, -0.05) is 120 Å². The molecule has 0 N–H and O–H groups in total. The van der Waals surface area contributed by atoms with Crippen molar-refractivity contribution < 1.29 is 13.0 Å². The van der Waals surface area contributed by atoms with E-state index in [0.29, 0.717) is 39.3 Å². The van der Waals surface area contributed by atoms with Crippen LogP contribution in [0.25, 0.3) is 82.4 Å². The molecule has 0 amide bonds. The first kappa shape index (κ1) is 37.5. The Morgan fingerprint density at radius 2 is 1.11 bits per heavy atom. The number of benzene rings is 8. The third-order valence-corrected chi connectivity index (χ3v) is 14.9. The van der Waals surface area contributed by atoms with Gasteiger partial charge in [0.05, 0.1) is 39.1 Å². The molecule has 0 atom stereocenters. The van der Waals surface area contributed by atoms with Crippen molar-refractivity contribution >= 4 is 88.2 Å². The molecule has 72 heavy (non-hydrogen) atoms. The molecule has 0 saturated heterocycles. The topological polar surface area (TPSA) is 43.4 Å². The fourth-order valence-electron chi connectivity index (χ4n) is 11.2. The van der Waals surface area contributed by atoms with Crippen LogP contribution < -0.4 is 14.5 Å². The number of pyridine rings is 1. The predicted molar refractivity (Wildman–Crippen MR) is 303 cm³/mol. The van der Waals surface area contributed by atoms with E-state index in [-0.39, 0.29) is 17.5 Å². The summed E-state index contributed by atoms with van der Waals surface area (Å²) in [5, 5.41) is 5.24. The van der Waals surface area contributed by atoms with E-state index >= 15 is 0 Å². The summed E-state index contributed by atoms with van der Waals surface area (Å²) in [7, 11) is 0. The Kier molecular flexibility index (Phi) is 8.27. The fraction of sp³-hybridized carbons (Fsp3) is 0.185.